The molecule has 3 rings (SSSR count). The molecule has 0 saturated carbocycles. The highest BCUT2D eigenvalue weighted by atomic mass is 16.6. The number of urea groups is 1. The highest BCUT2D eigenvalue weighted by Gasteiger charge is 2.21. The minimum absolute atomic E-state index is 0.400. The lowest BCUT2D eigenvalue weighted by molar-refractivity contribution is -0.122. The lowest BCUT2D eigenvalue weighted by atomic mass is 10.1. The minimum atomic E-state index is -0.624. The maximum atomic E-state index is 12.5. The van der Waals surface area contributed by atoms with E-state index in [1.54, 1.807) is 0 Å². The number of fused-ring (bicyclic) bond motifs is 1. The van der Waals surface area contributed by atoms with Crippen molar-refractivity contribution in [3.63, 3.8) is 0 Å². The van der Waals surface area contributed by atoms with E-state index < -0.39 is 18.0 Å². The molecule has 0 saturated heterocycles. The molecule has 142 valence electrons. The Kier molecular flexibility index (Phi) is 6.27. The molecule has 1 atom stereocenters. The molecule has 2 aromatic carbocycles. The summed E-state index contributed by atoms with van der Waals surface area (Å²) >= 11 is 0. The number of rotatable bonds is 6. The van der Waals surface area contributed by atoms with E-state index >= 15 is 0 Å². The van der Waals surface area contributed by atoms with E-state index in [1.807, 2.05) is 48.5 Å². The third-order valence-corrected chi connectivity index (χ3v) is 4.23. The summed E-state index contributed by atoms with van der Waals surface area (Å²) in [5.41, 5.74) is 1.87. The van der Waals surface area contributed by atoms with Crippen molar-refractivity contribution >= 4 is 11.9 Å². The van der Waals surface area contributed by atoms with Crippen molar-refractivity contribution in [2.75, 3.05) is 26.8 Å². The van der Waals surface area contributed by atoms with Crippen molar-refractivity contribution < 1.29 is 19.1 Å². The molecule has 7 heteroatoms. The third kappa shape index (κ3) is 4.98. The van der Waals surface area contributed by atoms with E-state index in [0.717, 1.165) is 22.6 Å². The standard InChI is InChI=1S/C20H23N3O4/c1-21-20(25)23-19(24)18(15-5-3-2-4-6-15)22-10-9-14-7-8-16-17(13-14)27-12-11-26-16/h2-8,13,18,22H,9-12H2,1H3,(H2,21,23,24,25)/t18-/m1/s1. The van der Waals surface area contributed by atoms with E-state index in [-0.39, 0.29) is 0 Å². The molecule has 1 heterocycles. The molecule has 0 radical (unpaired) electrons. The number of ether oxygens (including phenoxy) is 2. The lowest BCUT2D eigenvalue weighted by Gasteiger charge is -2.20. The maximum Gasteiger partial charge on any atom is 0.321 e. The minimum Gasteiger partial charge on any atom is -0.486 e. The summed E-state index contributed by atoms with van der Waals surface area (Å²) in [4.78, 5) is 24.0. The van der Waals surface area contributed by atoms with Gasteiger partial charge in [-0.3, -0.25) is 10.1 Å². The fourth-order valence-electron chi connectivity index (χ4n) is 2.86. The number of nitrogens with one attached hydrogen (secondary N) is 3. The maximum absolute atomic E-state index is 12.5. The molecule has 0 unspecified atom stereocenters. The van der Waals surface area contributed by atoms with Gasteiger partial charge in [-0.2, -0.15) is 0 Å². The molecule has 0 spiro atoms. The second kappa shape index (κ2) is 9.05. The van der Waals surface area contributed by atoms with Crippen molar-refractivity contribution in [2.24, 2.45) is 0 Å². The Morgan fingerprint density at radius 3 is 2.52 bits per heavy atom. The Labute approximate surface area is 158 Å². The van der Waals surface area contributed by atoms with Crippen LogP contribution in [0.3, 0.4) is 0 Å². The average molecular weight is 369 g/mol. The first-order valence-electron chi connectivity index (χ1n) is 8.87. The van der Waals surface area contributed by atoms with E-state index in [2.05, 4.69) is 16.0 Å². The van der Waals surface area contributed by atoms with Gasteiger partial charge in [0.05, 0.1) is 0 Å². The van der Waals surface area contributed by atoms with Crippen LogP contribution in [-0.2, 0) is 11.2 Å². The normalized spacial score (nSPS) is 13.5. The molecule has 0 fully saturated rings. The molecule has 1 aliphatic heterocycles. The Morgan fingerprint density at radius 1 is 1.04 bits per heavy atom. The Hall–Kier alpha value is -3.06. The number of hydrogen-bond donors (Lipinski definition) is 3. The van der Waals surface area contributed by atoms with Gasteiger partial charge in [-0.25, -0.2) is 4.79 Å². The number of carbonyl (C=O) groups excluding carboxylic acids is 2. The topological polar surface area (TPSA) is 88.7 Å². The summed E-state index contributed by atoms with van der Waals surface area (Å²) in [5.74, 6) is 1.10. The predicted molar refractivity (Wildman–Crippen MR) is 101 cm³/mol. The highest BCUT2D eigenvalue weighted by molar-refractivity contribution is 5.97. The van der Waals surface area contributed by atoms with Gasteiger partial charge in [-0.05, 0) is 29.7 Å². The smallest absolute Gasteiger partial charge is 0.321 e. The molecular weight excluding hydrogens is 346 g/mol. The van der Waals surface area contributed by atoms with Crippen LogP contribution >= 0.6 is 0 Å². The van der Waals surface area contributed by atoms with Crippen molar-refractivity contribution in [1.82, 2.24) is 16.0 Å². The fourth-order valence-corrected chi connectivity index (χ4v) is 2.86. The quantitative estimate of drug-likeness (QED) is 0.722. The summed E-state index contributed by atoms with van der Waals surface area (Å²) in [6, 6.07) is 14.0. The van der Waals surface area contributed by atoms with Crippen molar-refractivity contribution in [3.05, 3.63) is 59.7 Å². The fraction of sp³-hybridized carbons (Fsp3) is 0.300. The van der Waals surface area contributed by atoms with Gasteiger partial charge in [0.15, 0.2) is 11.5 Å². The summed E-state index contributed by atoms with van der Waals surface area (Å²) in [5, 5.41) is 7.95. The predicted octanol–water partition coefficient (Wildman–Crippen LogP) is 1.79. The van der Waals surface area contributed by atoms with Gasteiger partial charge in [-0.15, -0.1) is 0 Å². The van der Waals surface area contributed by atoms with E-state index in [9.17, 15) is 9.59 Å². The summed E-state index contributed by atoms with van der Waals surface area (Å²) < 4.78 is 11.1. The second-order valence-corrected chi connectivity index (χ2v) is 6.09. The van der Waals surface area contributed by atoms with Crippen LogP contribution < -0.4 is 25.4 Å². The number of carbonyl (C=O) groups is 2. The van der Waals surface area contributed by atoms with Crippen LogP contribution in [0.15, 0.2) is 48.5 Å². The molecule has 3 amide bonds. The molecule has 0 aromatic heterocycles. The number of benzene rings is 2. The third-order valence-electron chi connectivity index (χ3n) is 4.23. The molecule has 0 bridgehead atoms. The Morgan fingerprint density at radius 2 is 1.78 bits per heavy atom. The zero-order chi connectivity index (χ0) is 19.1. The van der Waals surface area contributed by atoms with Crippen LogP contribution in [0.5, 0.6) is 11.5 Å². The Balaban J connectivity index is 1.64. The zero-order valence-electron chi connectivity index (χ0n) is 15.2. The van der Waals surface area contributed by atoms with Crippen LogP contribution in [0.4, 0.5) is 4.79 Å². The number of hydrogen-bond acceptors (Lipinski definition) is 5. The van der Waals surface area contributed by atoms with Gasteiger partial charge in [0.1, 0.15) is 19.3 Å². The van der Waals surface area contributed by atoms with Gasteiger partial charge in [0, 0.05) is 13.6 Å². The first-order chi connectivity index (χ1) is 13.2. The monoisotopic (exact) mass is 369 g/mol. The molecule has 3 N–H and O–H groups in total. The van der Waals surface area contributed by atoms with Crippen molar-refractivity contribution in [3.8, 4) is 11.5 Å². The van der Waals surface area contributed by atoms with Crippen LogP contribution in [0.25, 0.3) is 0 Å². The number of amides is 3. The van der Waals surface area contributed by atoms with E-state index in [4.69, 9.17) is 9.47 Å². The molecule has 1 aliphatic rings. The molecule has 27 heavy (non-hydrogen) atoms. The molecular formula is C20H23N3O4. The number of imide groups is 1. The summed E-state index contributed by atoms with van der Waals surface area (Å²) in [7, 11) is 1.47. The van der Waals surface area contributed by atoms with E-state index in [1.165, 1.54) is 7.05 Å². The first kappa shape index (κ1) is 18.7. The van der Waals surface area contributed by atoms with Gasteiger partial charge in [-0.1, -0.05) is 36.4 Å². The van der Waals surface area contributed by atoms with Gasteiger partial charge >= 0.3 is 6.03 Å². The van der Waals surface area contributed by atoms with Gasteiger partial charge in [0.25, 0.3) is 0 Å². The van der Waals surface area contributed by atoms with Crippen LogP contribution in [0, 0.1) is 0 Å². The Bertz CT molecular complexity index is 795. The highest BCUT2D eigenvalue weighted by Crippen LogP contribution is 2.30. The largest absolute Gasteiger partial charge is 0.486 e. The zero-order valence-corrected chi connectivity index (χ0v) is 15.2. The van der Waals surface area contributed by atoms with Crippen LogP contribution in [0.2, 0.25) is 0 Å². The second-order valence-electron chi connectivity index (χ2n) is 6.09. The van der Waals surface area contributed by atoms with Crippen molar-refractivity contribution in [2.45, 2.75) is 12.5 Å². The van der Waals surface area contributed by atoms with Crippen molar-refractivity contribution in [1.29, 1.82) is 0 Å². The molecule has 0 aliphatic carbocycles. The van der Waals surface area contributed by atoms with Gasteiger partial charge in [0.2, 0.25) is 5.91 Å². The first-order valence-corrected chi connectivity index (χ1v) is 8.87. The SMILES string of the molecule is CNC(=O)NC(=O)[C@H](NCCc1ccc2c(c1)OCCO2)c1ccccc1. The molecule has 7 nitrogen and oxygen atoms in total. The van der Waals surface area contributed by atoms with Crippen LogP contribution in [0.1, 0.15) is 17.2 Å². The van der Waals surface area contributed by atoms with Crippen LogP contribution in [-0.4, -0.2) is 38.7 Å². The average Bonchev–Trinajstić information content (AvgIpc) is 2.71. The van der Waals surface area contributed by atoms with Gasteiger partial charge < -0.3 is 20.1 Å². The summed E-state index contributed by atoms with van der Waals surface area (Å²) in [6.45, 7) is 1.66. The molecule has 2 aromatic rings. The summed E-state index contributed by atoms with van der Waals surface area (Å²) in [6.07, 6.45) is 0.702. The lowest BCUT2D eigenvalue weighted by Crippen LogP contribution is -2.44. The van der Waals surface area contributed by atoms with E-state index in [0.29, 0.717) is 26.2 Å².